The van der Waals surface area contributed by atoms with Crippen LogP contribution < -0.4 is 5.32 Å². The second-order valence-corrected chi connectivity index (χ2v) is 6.81. The summed E-state index contributed by atoms with van der Waals surface area (Å²) in [5, 5.41) is 4.44. The van der Waals surface area contributed by atoms with Gasteiger partial charge in [-0.25, -0.2) is 4.98 Å². The third kappa shape index (κ3) is 3.69. The number of anilines is 1. The van der Waals surface area contributed by atoms with Gasteiger partial charge in [-0.1, -0.05) is 27.3 Å². The summed E-state index contributed by atoms with van der Waals surface area (Å²) >= 11 is 5.20. The zero-order valence-corrected chi connectivity index (χ0v) is 13.7. The van der Waals surface area contributed by atoms with Gasteiger partial charge < -0.3 is 10.1 Å². The lowest BCUT2D eigenvalue weighted by atomic mass is 10.3. The lowest BCUT2D eigenvalue weighted by Gasteiger charge is -2.26. The van der Waals surface area contributed by atoms with Crippen molar-refractivity contribution in [2.24, 2.45) is 0 Å². The van der Waals surface area contributed by atoms with E-state index in [1.807, 2.05) is 6.07 Å². The Hall–Kier alpha value is -0.690. The summed E-state index contributed by atoms with van der Waals surface area (Å²) in [7, 11) is 0. The van der Waals surface area contributed by atoms with E-state index >= 15 is 0 Å². The Bertz CT molecular complexity index is 569. The molecule has 2 aromatic rings. The van der Waals surface area contributed by atoms with E-state index in [4.69, 9.17) is 4.74 Å². The highest BCUT2D eigenvalue weighted by Gasteiger charge is 2.09. The van der Waals surface area contributed by atoms with Crippen LogP contribution in [-0.4, -0.2) is 49.3 Å². The topological polar surface area (TPSA) is 37.4 Å². The summed E-state index contributed by atoms with van der Waals surface area (Å²) in [5.74, 6) is 0. The first-order valence-corrected chi connectivity index (χ1v) is 8.52. The number of thiazole rings is 1. The second-order valence-electron chi connectivity index (χ2n) is 4.87. The number of benzene rings is 1. The number of nitrogens with one attached hydrogen (secondary N) is 1. The van der Waals surface area contributed by atoms with E-state index in [0.29, 0.717) is 0 Å². The Balaban J connectivity index is 1.47. The number of nitrogens with zero attached hydrogens (tertiary/aromatic N) is 2. The van der Waals surface area contributed by atoms with Crippen LogP contribution in [0.15, 0.2) is 22.7 Å². The number of hydrogen-bond donors (Lipinski definition) is 1. The normalized spacial score (nSPS) is 16.6. The fourth-order valence-electron chi connectivity index (χ4n) is 2.30. The van der Waals surface area contributed by atoms with Gasteiger partial charge in [0, 0.05) is 24.1 Å². The number of ether oxygens (including phenoxy) is 1. The molecule has 0 bridgehead atoms. The van der Waals surface area contributed by atoms with Gasteiger partial charge in [-0.3, -0.25) is 4.90 Å². The minimum atomic E-state index is 0.875. The van der Waals surface area contributed by atoms with E-state index in [2.05, 4.69) is 43.3 Å². The maximum absolute atomic E-state index is 5.35. The highest BCUT2D eigenvalue weighted by Crippen LogP contribution is 2.28. The lowest BCUT2D eigenvalue weighted by molar-refractivity contribution is 0.0378. The molecule has 108 valence electrons. The number of aromatic nitrogens is 1. The molecule has 0 radical (unpaired) electrons. The molecular formula is C14H18BrN3OS. The molecule has 1 aromatic heterocycles. The number of halogens is 1. The molecule has 1 fully saturated rings. The molecule has 1 N–H and O–H groups in total. The fourth-order valence-corrected chi connectivity index (χ4v) is 3.74. The average Bonchev–Trinajstić information content (AvgIpc) is 2.86. The van der Waals surface area contributed by atoms with Crippen molar-refractivity contribution in [1.82, 2.24) is 9.88 Å². The van der Waals surface area contributed by atoms with Crippen molar-refractivity contribution in [3.63, 3.8) is 0 Å². The molecular weight excluding hydrogens is 338 g/mol. The number of hydrogen-bond acceptors (Lipinski definition) is 5. The minimum absolute atomic E-state index is 0.875. The van der Waals surface area contributed by atoms with Crippen molar-refractivity contribution in [2.45, 2.75) is 6.42 Å². The van der Waals surface area contributed by atoms with E-state index < -0.39 is 0 Å². The predicted octanol–water partition coefficient (Wildman–Crippen LogP) is 3.19. The van der Waals surface area contributed by atoms with Crippen molar-refractivity contribution in [3.8, 4) is 0 Å². The Morgan fingerprint density at radius 3 is 3.05 bits per heavy atom. The summed E-state index contributed by atoms with van der Waals surface area (Å²) in [6, 6.07) is 6.20. The van der Waals surface area contributed by atoms with E-state index in [0.717, 1.165) is 60.9 Å². The molecule has 1 aliphatic rings. The summed E-state index contributed by atoms with van der Waals surface area (Å²) in [5.41, 5.74) is 1.06. The van der Waals surface area contributed by atoms with Crippen molar-refractivity contribution in [2.75, 3.05) is 44.7 Å². The van der Waals surface area contributed by atoms with Crippen molar-refractivity contribution in [1.29, 1.82) is 0 Å². The third-order valence-corrected chi connectivity index (χ3v) is 4.85. The fraction of sp³-hybridized carbons (Fsp3) is 0.500. The largest absolute Gasteiger partial charge is 0.379 e. The molecule has 4 nitrogen and oxygen atoms in total. The first kappa shape index (κ1) is 14.3. The van der Waals surface area contributed by atoms with E-state index in [1.54, 1.807) is 11.3 Å². The molecule has 0 aliphatic carbocycles. The summed E-state index contributed by atoms with van der Waals surface area (Å²) in [6.45, 7) is 5.98. The smallest absolute Gasteiger partial charge is 0.183 e. The maximum Gasteiger partial charge on any atom is 0.183 e. The van der Waals surface area contributed by atoms with Gasteiger partial charge in [0.05, 0.1) is 23.4 Å². The van der Waals surface area contributed by atoms with E-state index in [1.165, 1.54) is 4.70 Å². The van der Waals surface area contributed by atoms with E-state index in [-0.39, 0.29) is 0 Å². The van der Waals surface area contributed by atoms with Crippen LogP contribution >= 0.6 is 27.3 Å². The van der Waals surface area contributed by atoms with Crippen LogP contribution in [-0.2, 0) is 4.74 Å². The van der Waals surface area contributed by atoms with Gasteiger partial charge in [0.25, 0.3) is 0 Å². The van der Waals surface area contributed by atoms with Gasteiger partial charge >= 0.3 is 0 Å². The molecule has 0 atom stereocenters. The molecule has 1 aromatic carbocycles. The van der Waals surface area contributed by atoms with Crippen LogP contribution in [0, 0.1) is 0 Å². The standard InChI is InChI=1S/C14H18BrN3OS/c15-11-2-3-12-13(10-11)20-14(17-12)16-4-1-5-18-6-8-19-9-7-18/h2-3,10H,1,4-9H2,(H,16,17). The van der Waals surface area contributed by atoms with Gasteiger partial charge in [-0.15, -0.1) is 0 Å². The molecule has 3 rings (SSSR count). The van der Waals surface area contributed by atoms with Gasteiger partial charge in [0.15, 0.2) is 5.13 Å². The second kappa shape index (κ2) is 6.85. The predicted molar refractivity (Wildman–Crippen MR) is 87.7 cm³/mol. The Morgan fingerprint density at radius 2 is 2.20 bits per heavy atom. The SMILES string of the molecule is Brc1ccc2nc(NCCCN3CCOCC3)sc2c1. The summed E-state index contributed by atoms with van der Waals surface area (Å²) in [6.07, 6.45) is 1.14. The first-order valence-electron chi connectivity index (χ1n) is 6.91. The average molecular weight is 356 g/mol. The molecule has 6 heteroatoms. The Kier molecular flexibility index (Phi) is 4.88. The minimum Gasteiger partial charge on any atom is -0.379 e. The monoisotopic (exact) mass is 355 g/mol. The van der Waals surface area contributed by atoms with Crippen LogP contribution in [0.3, 0.4) is 0 Å². The van der Waals surface area contributed by atoms with Gasteiger partial charge in [0.1, 0.15) is 0 Å². The molecule has 1 aliphatic heterocycles. The highest BCUT2D eigenvalue weighted by molar-refractivity contribution is 9.10. The number of morpholine rings is 1. The van der Waals surface area contributed by atoms with Crippen LogP contribution in [0.5, 0.6) is 0 Å². The Morgan fingerprint density at radius 1 is 1.35 bits per heavy atom. The number of fused-ring (bicyclic) bond motifs is 1. The quantitative estimate of drug-likeness (QED) is 0.835. The molecule has 0 spiro atoms. The van der Waals surface area contributed by atoms with Gasteiger partial charge in [0.2, 0.25) is 0 Å². The van der Waals surface area contributed by atoms with E-state index in [9.17, 15) is 0 Å². The number of rotatable bonds is 5. The van der Waals surface area contributed by atoms with Crippen molar-refractivity contribution >= 4 is 42.6 Å². The van der Waals surface area contributed by atoms with Crippen LogP contribution in [0.4, 0.5) is 5.13 Å². The molecule has 20 heavy (non-hydrogen) atoms. The molecule has 0 unspecified atom stereocenters. The Labute approximate surface area is 131 Å². The van der Waals surface area contributed by atoms with Crippen LogP contribution in [0.2, 0.25) is 0 Å². The van der Waals surface area contributed by atoms with Crippen molar-refractivity contribution < 1.29 is 4.74 Å². The van der Waals surface area contributed by atoms with Gasteiger partial charge in [-0.2, -0.15) is 0 Å². The molecule has 2 heterocycles. The lowest BCUT2D eigenvalue weighted by Crippen LogP contribution is -2.37. The molecule has 1 saturated heterocycles. The van der Waals surface area contributed by atoms with Crippen LogP contribution in [0.25, 0.3) is 10.2 Å². The first-order chi connectivity index (χ1) is 9.81. The third-order valence-electron chi connectivity index (χ3n) is 3.38. The zero-order chi connectivity index (χ0) is 13.8. The van der Waals surface area contributed by atoms with Crippen molar-refractivity contribution in [3.05, 3.63) is 22.7 Å². The highest BCUT2D eigenvalue weighted by atomic mass is 79.9. The van der Waals surface area contributed by atoms with Crippen LogP contribution in [0.1, 0.15) is 6.42 Å². The maximum atomic E-state index is 5.35. The zero-order valence-electron chi connectivity index (χ0n) is 11.3. The molecule has 0 amide bonds. The van der Waals surface area contributed by atoms with Gasteiger partial charge in [-0.05, 0) is 31.2 Å². The summed E-state index contributed by atoms with van der Waals surface area (Å²) in [4.78, 5) is 7.05. The molecule has 0 saturated carbocycles. The summed E-state index contributed by atoms with van der Waals surface area (Å²) < 4.78 is 7.67.